The first-order chi connectivity index (χ1) is 12.5. The molecule has 3 rings (SSSR count). The summed E-state index contributed by atoms with van der Waals surface area (Å²) >= 11 is 5.62. The summed E-state index contributed by atoms with van der Waals surface area (Å²) in [6.45, 7) is 0.528. The molecule has 0 saturated carbocycles. The fourth-order valence-electron chi connectivity index (χ4n) is 2.30. The molecule has 2 aromatic rings. The van der Waals surface area contributed by atoms with Gasteiger partial charge in [0.15, 0.2) is 18.1 Å². The van der Waals surface area contributed by atoms with Crippen LogP contribution in [0.5, 0.6) is 11.5 Å². The Bertz CT molecular complexity index is 842. The zero-order valence-electron chi connectivity index (χ0n) is 13.6. The summed E-state index contributed by atoms with van der Waals surface area (Å²) in [5.41, 5.74) is 0.172. The molecule has 0 saturated heterocycles. The molecule has 0 atom stereocenters. The Morgan fingerprint density at radius 2 is 1.88 bits per heavy atom. The summed E-state index contributed by atoms with van der Waals surface area (Å²) in [7, 11) is 0. The zero-order chi connectivity index (χ0) is 18.5. The molecular formula is C18H15ClFNO5. The predicted octanol–water partition coefficient (Wildman–Crippen LogP) is 3.44. The highest BCUT2D eigenvalue weighted by Gasteiger charge is 2.16. The van der Waals surface area contributed by atoms with Crippen LogP contribution < -0.4 is 14.8 Å². The number of halogens is 2. The maximum absolute atomic E-state index is 13.7. The van der Waals surface area contributed by atoms with Gasteiger partial charge in [-0.3, -0.25) is 4.79 Å². The number of amides is 1. The summed E-state index contributed by atoms with van der Waals surface area (Å²) in [4.78, 5) is 23.8. The normalized spacial score (nSPS) is 12.8. The van der Waals surface area contributed by atoms with Crippen molar-refractivity contribution in [2.24, 2.45) is 0 Å². The summed E-state index contributed by atoms with van der Waals surface area (Å²) in [6, 6.07) is 8.51. The van der Waals surface area contributed by atoms with Crippen LogP contribution in [0.15, 0.2) is 36.4 Å². The molecular weight excluding hydrogens is 365 g/mol. The zero-order valence-corrected chi connectivity index (χ0v) is 14.3. The smallest absolute Gasteiger partial charge is 0.341 e. The number of hydrogen-bond acceptors (Lipinski definition) is 5. The lowest BCUT2D eigenvalue weighted by atomic mass is 10.2. The fourth-order valence-corrected chi connectivity index (χ4v) is 2.46. The average Bonchev–Trinajstić information content (AvgIpc) is 2.84. The van der Waals surface area contributed by atoms with E-state index < -0.39 is 24.3 Å². The van der Waals surface area contributed by atoms with Gasteiger partial charge in [-0.25, -0.2) is 9.18 Å². The van der Waals surface area contributed by atoms with Gasteiger partial charge in [-0.15, -0.1) is 0 Å². The van der Waals surface area contributed by atoms with Crippen molar-refractivity contribution in [1.82, 2.24) is 0 Å². The fraction of sp³-hybridized carbons (Fsp3) is 0.222. The molecule has 6 nitrogen and oxygen atoms in total. The molecule has 0 bridgehead atoms. The van der Waals surface area contributed by atoms with Crippen molar-refractivity contribution in [2.75, 3.05) is 25.1 Å². The number of esters is 1. The van der Waals surface area contributed by atoms with Gasteiger partial charge in [-0.2, -0.15) is 0 Å². The molecule has 0 fully saturated rings. The maximum atomic E-state index is 13.7. The number of benzene rings is 2. The molecule has 1 heterocycles. The summed E-state index contributed by atoms with van der Waals surface area (Å²) in [5, 5.41) is 2.73. The number of carbonyl (C=O) groups is 2. The van der Waals surface area contributed by atoms with Crippen LogP contribution in [0.4, 0.5) is 10.1 Å². The molecule has 0 spiro atoms. The lowest BCUT2D eigenvalue weighted by molar-refractivity contribution is -0.119. The van der Waals surface area contributed by atoms with Gasteiger partial charge >= 0.3 is 5.97 Å². The maximum Gasteiger partial charge on any atom is 0.341 e. The SMILES string of the molecule is O=C(COC(=O)c1ccc(Cl)cc1F)Nc1ccc2c(c1)OCCCO2. The highest BCUT2D eigenvalue weighted by atomic mass is 35.5. The van der Waals surface area contributed by atoms with Crippen LogP contribution in [-0.4, -0.2) is 31.7 Å². The molecule has 0 radical (unpaired) electrons. The Balaban J connectivity index is 1.57. The van der Waals surface area contributed by atoms with E-state index in [0.29, 0.717) is 30.4 Å². The minimum absolute atomic E-state index is 0.159. The number of ether oxygens (including phenoxy) is 3. The van der Waals surface area contributed by atoms with E-state index in [-0.39, 0.29) is 10.6 Å². The van der Waals surface area contributed by atoms with Crippen molar-refractivity contribution >= 4 is 29.2 Å². The molecule has 26 heavy (non-hydrogen) atoms. The number of nitrogens with one attached hydrogen (secondary N) is 1. The first-order valence-corrected chi connectivity index (χ1v) is 8.22. The average molecular weight is 380 g/mol. The number of rotatable bonds is 4. The Morgan fingerprint density at radius 3 is 2.65 bits per heavy atom. The van der Waals surface area contributed by atoms with Gasteiger partial charge in [0.25, 0.3) is 5.91 Å². The third-order valence-electron chi connectivity index (χ3n) is 3.52. The topological polar surface area (TPSA) is 73.9 Å². The second-order valence-corrected chi connectivity index (χ2v) is 5.90. The van der Waals surface area contributed by atoms with Crippen molar-refractivity contribution in [3.63, 3.8) is 0 Å². The predicted molar refractivity (Wildman–Crippen MR) is 92.4 cm³/mol. The van der Waals surface area contributed by atoms with E-state index in [4.69, 9.17) is 25.8 Å². The Kier molecular flexibility index (Phi) is 5.58. The Labute approximate surface area is 153 Å². The second-order valence-electron chi connectivity index (χ2n) is 5.46. The third kappa shape index (κ3) is 4.43. The molecule has 1 aliphatic rings. The number of carbonyl (C=O) groups excluding carboxylic acids is 2. The van der Waals surface area contributed by atoms with Crippen molar-refractivity contribution in [1.29, 1.82) is 0 Å². The van der Waals surface area contributed by atoms with Crippen molar-refractivity contribution in [2.45, 2.75) is 6.42 Å². The van der Waals surface area contributed by atoms with E-state index in [0.717, 1.165) is 12.5 Å². The summed E-state index contributed by atoms with van der Waals surface area (Å²) < 4.78 is 29.5. The van der Waals surface area contributed by atoms with E-state index in [1.165, 1.54) is 12.1 Å². The molecule has 136 valence electrons. The van der Waals surface area contributed by atoms with Crippen LogP contribution in [0.25, 0.3) is 0 Å². The van der Waals surface area contributed by atoms with Gasteiger partial charge in [0.05, 0.1) is 18.8 Å². The standard InChI is InChI=1S/C18H15ClFNO5/c19-11-2-4-13(14(20)8-11)18(23)26-10-17(22)21-12-3-5-15-16(9-12)25-7-1-6-24-15/h2-5,8-9H,1,6-7,10H2,(H,21,22). The highest BCUT2D eigenvalue weighted by Crippen LogP contribution is 2.32. The quantitative estimate of drug-likeness (QED) is 0.824. The van der Waals surface area contributed by atoms with Gasteiger partial charge in [0, 0.05) is 23.2 Å². The van der Waals surface area contributed by atoms with Gasteiger partial charge in [0.1, 0.15) is 5.82 Å². The van der Waals surface area contributed by atoms with E-state index in [1.807, 2.05) is 0 Å². The molecule has 1 aliphatic heterocycles. The lowest BCUT2D eigenvalue weighted by Gasteiger charge is -2.11. The van der Waals surface area contributed by atoms with Gasteiger partial charge < -0.3 is 19.5 Å². The number of fused-ring (bicyclic) bond motifs is 1. The Morgan fingerprint density at radius 1 is 1.12 bits per heavy atom. The van der Waals surface area contributed by atoms with E-state index in [9.17, 15) is 14.0 Å². The molecule has 1 N–H and O–H groups in total. The minimum Gasteiger partial charge on any atom is -0.490 e. The van der Waals surface area contributed by atoms with Crippen LogP contribution in [0.2, 0.25) is 5.02 Å². The minimum atomic E-state index is -0.951. The van der Waals surface area contributed by atoms with E-state index in [1.54, 1.807) is 18.2 Å². The van der Waals surface area contributed by atoms with Crippen molar-refractivity contribution in [3.8, 4) is 11.5 Å². The van der Waals surface area contributed by atoms with Gasteiger partial charge in [-0.05, 0) is 30.3 Å². The Hall–Kier alpha value is -2.80. The molecule has 8 heteroatoms. The van der Waals surface area contributed by atoms with Gasteiger partial charge in [-0.1, -0.05) is 11.6 Å². The third-order valence-corrected chi connectivity index (χ3v) is 3.75. The monoisotopic (exact) mass is 379 g/mol. The van der Waals surface area contributed by atoms with Crippen molar-refractivity contribution < 1.29 is 28.2 Å². The van der Waals surface area contributed by atoms with Crippen LogP contribution >= 0.6 is 11.6 Å². The van der Waals surface area contributed by atoms with E-state index in [2.05, 4.69) is 5.32 Å². The van der Waals surface area contributed by atoms with Crippen LogP contribution in [0.1, 0.15) is 16.8 Å². The molecule has 0 aliphatic carbocycles. The van der Waals surface area contributed by atoms with Crippen LogP contribution in [0.3, 0.4) is 0 Å². The molecule has 0 aromatic heterocycles. The van der Waals surface area contributed by atoms with Crippen LogP contribution in [-0.2, 0) is 9.53 Å². The molecule has 1 amide bonds. The number of anilines is 1. The summed E-state index contributed by atoms with van der Waals surface area (Å²) in [5.74, 6) is -1.20. The van der Waals surface area contributed by atoms with Crippen LogP contribution in [0, 0.1) is 5.82 Å². The largest absolute Gasteiger partial charge is 0.490 e. The van der Waals surface area contributed by atoms with E-state index >= 15 is 0 Å². The molecule has 2 aromatic carbocycles. The first-order valence-electron chi connectivity index (χ1n) is 7.84. The van der Waals surface area contributed by atoms with Crippen molar-refractivity contribution in [3.05, 3.63) is 52.8 Å². The number of hydrogen-bond donors (Lipinski definition) is 1. The molecule has 0 unspecified atom stereocenters. The lowest BCUT2D eigenvalue weighted by Crippen LogP contribution is -2.21. The van der Waals surface area contributed by atoms with Gasteiger partial charge in [0.2, 0.25) is 0 Å². The summed E-state index contributed by atoms with van der Waals surface area (Å²) in [6.07, 6.45) is 0.771. The highest BCUT2D eigenvalue weighted by molar-refractivity contribution is 6.30. The second kappa shape index (κ2) is 8.05. The first kappa shape index (κ1) is 18.0.